The average molecular weight is 491 g/mol. The van der Waals surface area contributed by atoms with Gasteiger partial charge in [-0.1, -0.05) is 42.5 Å². The monoisotopic (exact) mass is 490 g/mol. The minimum Gasteiger partial charge on any atom is -0.493 e. The van der Waals surface area contributed by atoms with Crippen molar-refractivity contribution in [3.05, 3.63) is 65.5 Å². The summed E-state index contributed by atoms with van der Waals surface area (Å²) in [6, 6.07) is 16.6. The highest BCUT2D eigenvalue weighted by atomic mass is 16.5. The summed E-state index contributed by atoms with van der Waals surface area (Å²) in [6.07, 6.45) is 6.55. The first-order valence-electron chi connectivity index (χ1n) is 13.1. The first kappa shape index (κ1) is 24.8. The predicted molar refractivity (Wildman–Crippen MR) is 138 cm³/mol. The van der Waals surface area contributed by atoms with E-state index in [0.717, 1.165) is 74.6 Å². The first-order chi connectivity index (χ1) is 17.4. The van der Waals surface area contributed by atoms with Gasteiger partial charge in [0.2, 0.25) is 0 Å². The largest absolute Gasteiger partial charge is 0.493 e. The van der Waals surface area contributed by atoms with Crippen LogP contribution < -0.4 is 9.47 Å². The van der Waals surface area contributed by atoms with Gasteiger partial charge in [-0.2, -0.15) is 0 Å². The van der Waals surface area contributed by atoms with Crippen LogP contribution in [0.5, 0.6) is 11.5 Å². The SMILES string of the molecule is COc1cccc(C(c2nnnn2CCc2ccccc2)C2CCC3(CC2)COC(C)(C)C3)c1OC. The van der Waals surface area contributed by atoms with Gasteiger partial charge in [-0.15, -0.1) is 5.10 Å². The first-order valence-corrected chi connectivity index (χ1v) is 13.1. The number of hydrogen-bond donors (Lipinski definition) is 0. The van der Waals surface area contributed by atoms with Gasteiger partial charge in [-0.25, -0.2) is 4.68 Å². The molecule has 1 aliphatic heterocycles. The van der Waals surface area contributed by atoms with E-state index in [9.17, 15) is 0 Å². The van der Waals surface area contributed by atoms with Crippen molar-refractivity contribution in [1.82, 2.24) is 20.2 Å². The summed E-state index contributed by atoms with van der Waals surface area (Å²) in [6.45, 7) is 6.04. The fourth-order valence-electron chi connectivity index (χ4n) is 6.49. The minimum atomic E-state index is -0.0240. The summed E-state index contributed by atoms with van der Waals surface area (Å²) in [5.41, 5.74) is 2.64. The fourth-order valence-corrected chi connectivity index (χ4v) is 6.49. The molecule has 2 heterocycles. The van der Waals surface area contributed by atoms with Gasteiger partial charge < -0.3 is 14.2 Å². The van der Waals surface area contributed by atoms with E-state index in [1.165, 1.54) is 5.56 Å². The van der Waals surface area contributed by atoms with Crippen molar-refractivity contribution in [2.75, 3.05) is 20.8 Å². The zero-order valence-electron chi connectivity index (χ0n) is 21.9. The number of para-hydroxylation sites is 1. The number of aromatic nitrogens is 4. The number of tetrazole rings is 1. The Morgan fingerprint density at radius 1 is 1.03 bits per heavy atom. The molecular formula is C29H38N4O3. The topological polar surface area (TPSA) is 71.3 Å². The number of rotatable bonds is 8. The molecule has 7 heteroatoms. The highest BCUT2D eigenvalue weighted by molar-refractivity contribution is 5.50. The Morgan fingerprint density at radius 3 is 2.47 bits per heavy atom. The van der Waals surface area contributed by atoms with Crippen LogP contribution in [0.3, 0.4) is 0 Å². The Labute approximate surface area is 214 Å². The lowest BCUT2D eigenvalue weighted by Crippen LogP contribution is -2.32. The maximum absolute atomic E-state index is 6.17. The van der Waals surface area contributed by atoms with E-state index < -0.39 is 0 Å². The third-order valence-corrected chi connectivity index (χ3v) is 8.19. The van der Waals surface area contributed by atoms with Gasteiger partial charge in [-0.3, -0.25) is 0 Å². The van der Waals surface area contributed by atoms with Crippen LogP contribution in [-0.4, -0.2) is 46.6 Å². The van der Waals surface area contributed by atoms with Gasteiger partial charge in [0, 0.05) is 12.1 Å². The molecule has 2 aromatic carbocycles. The van der Waals surface area contributed by atoms with Crippen LogP contribution in [0.2, 0.25) is 0 Å². The summed E-state index contributed by atoms with van der Waals surface area (Å²) in [5.74, 6) is 2.84. The van der Waals surface area contributed by atoms with Gasteiger partial charge in [0.05, 0.1) is 32.3 Å². The Balaban J connectivity index is 1.47. The van der Waals surface area contributed by atoms with Gasteiger partial charge >= 0.3 is 0 Å². The molecular weight excluding hydrogens is 452 g/mol. The third kappa shape index (κ3) is 4.99. The zero-order chi connectivity index (χ0) is 25.2. The number of methoxy groups -OCH3 is 2. The van der Waals surface area contributed by atoms with Gasteiger partial charge in [0.1, 0.15) is 0 Å². The van der Waals surface area contributed by atoms with E-state index in [0.29, 0.717) is 11.3 Å². The van der Waals surface area contributed by atoms with Crippen molar-refractivity contribution >= 4 is 0 Å². The second-order valence-electron chi connectivity index (χ2n) is 11.1. The van der Waals surface area contributed by atoms with Crippen molar-refractivity contribution < 1.29 is 14.2 Å². The van der Waals surface area contributed by atoms with Crippen LogP contribution in [-0.2, 0) is 17.7 Å². The van der Waals surface area contributed by atoms with Gasteiger partial charge in [0.25, 0.3) is 0 Å². The van der Waals surface area contributed by atoms with Crippen molar-refractivity contribution in [3.63, 3.8) is 0 Å². The van der Waals surface area contributed by atoms with Crippen LogP contribution in [0.1, 0.15) is 68.8 Å². The molecule has 7 nitrogen and oxygen atoms in total. The van der Waals surface area contributed by atoms with Crippen molar-refractivity contribution in [1.29, 1.82) is 0 Å². The standard InChI is InChI=1S/C29H38N4O3/c1-28(2)19-29(20-36-28)16-13-22(14-17-29)25(23-11-8-12-24(34-3)26(23)35-4)27-30-31-32-33(27)18-15-21-9-6-5-7-10-21/h5-12,22,25H,13-20H2,1-4H3. The summed E-state index contributed by atoms with van der Waals surface area (Å²) < 4.78 is 19.7. The number of ether oxygens (including phenoxy) is 3. The molecule has 3 aromatic rings. The molecule has 1 unspecified atom stereocenters. The van der Waals surface area contributed by atoms with Crippen LogP contribution >= 0.6 is 0 Å². The van der Waals surface area contributed by atoms with E-state index in [-0.39, 0.29) is 11.5 Å². The molecule has 0 amide bonds. The lowest BCUT2D eigenvalue weighted by Gasteiger charge is -2.39. The fraction of sp³-hybridized carbons (Fsp3) is 0.552. The Morgan fingerprint density at radius 2 is 1.81 bits per heavy atom. The third-order valence-electron chi connectivity index (χ3n) is 8.19. The van der Waals surface area contributed by atoms with Gasteiger partial charge in [-0.05, 0) is 85.8 Å². The number of nitrogens with zero attached hydrogens (tertiary/aromatic N) is 4. The molecule has 1 aromatic heterocycles. The van der Waals surface area contributed by atoms with Crippen LogP contribution in [0, 0.1) is 11.3 Å². The van der Waals surface area contributed by atoms with Gasteiger partial charge in [0.15, 0.2) is 17.3 Å². The Kier molecular flexibility index (Phi) is 7.02. The molecule has 0 bridgehead atoms. The number of hydrogen-bond acceptors (Lipinski definition) is 6. The van der Waals surface area contributed by atoms with E-state index in [2.05, 4.69) is 59.7 Å². The maximum atomic E-state index is 6.17. The molecule has 2 fully saturated rings. The number of aryl methyl sites for hydroxylation is 2. The number of benzene rings is 2. The molecule has 2 aliphatic rings. The van der Waals surface area contributed by atoms with Crippen molar-refractivity contribution in [2.45, 2.75) is 70.4 Å². The second kappa shape index (κ2) is 10.2. The summed E-state index contributed by atoms with van der Waals surface area (Å²) in [4.78, 5) is 0. The zero-order valence-corrected chi connectivity index (χ0v) is 21.9. The van der Waals surface area contributed by atoms with Crippen LogP contribution in [0.4, 0.5) is 0 Å². The smallest absolute Gasteiger partial charge is 0.164 e. The van der Waals surface area contributed by atoms with E-state index in [1.807, 2.05) is 22.9 Å². The molecule has 0 N–H and O–H groups in total. The summed E-state index contributed by atoms with van der Waals surface area (Å²) in [7, 11) is 3.40. The Bertz CT molecular complexity index is 1150. The quantitative estimate of drug-likeness (QED) is 0.419. The molecule has 1 saturated carbocycles. The minimum absolute atomic E-state index is 0.0218. The lowest BCUT2D eigenvalue weighted by molar-refractivity contribution is 0.0266. The second-order valence-corrected chi connectivity index (χ2v) is 11.1. The molecule has 36 heavy (non-hydrogen) atoms. The molecule has 192 valence electrons. The molecule has 1 aliphatic carbocycles. The van der Waals surface area contributed by atoms with Crippen LogP contribution in [0.25, 0.3) is 0 Å². The van der Waals surface area contributed by atoms with Crippen molar-refractivity contribution in [3.8, 4) is 11.5 Å². The molecule has 1 atom stereocenters. The lowest BCUT2D eigenvalue weighted by atomic mass is 9.64. The van der Waals surface area contributed by atoms with E-state index in [1.54, 1.807) is 14.2 Å². The molecule has 1 saturated heterocycles. The molecule has 1 spiro atoms. The summed E-state index contributed by atoms with van der Waals surface area (Å²) in [5, 5.41) is 13.2. The predicted octanol–water partition coefficient (Wildman–Crippen LogP) is 5.44. The highest BCUT2D eigenvalue weighted by Gasteiger charge is 2.48. The average Bonchev–Trinajstić information content (AvgIpc) is 3.48. The normalized spacial score (nSPS) is 24.1. The maximum Gasteiger partial charge on any atom is 0.164 e. The van der Waals surface area contributed by atoms with E-state index in [4.69, 9.17) is 14.2 Å². The summed E-state index contributed by atoms with van der Waals surface area (Å²) >= 11 is 0. The highest BCUT2D eigenvalue weighted by Crippen LogP contribution is 2.54. The molecule has 5 rings (SSSR count). The molecule has 0 radical (unpaired) electrons. The van der Waals surface area contributed by atoms with E-state index >= 15 is 0 Å². The van der Waals surface area contributed by atoms with Crippen molar-refractivity contribution in [2.24, 2.45) is 11.3 Å². The Hall–Kier alpha value is -2.93. The van der Waals surface area contributed by atoms with Crippen LogP contribution in [0.15, 0.2) is 48.5 Å².